The van der Waals surface area contributed by atoms with Gasteiger partial charge in [-0.25, -0.2) is 18.1 Å². The van der Waals surface area contributed by atoms with Crippen LogP contribution in [0.2, 0.25) is 0 Å². The molecule has 1 fully saturated rings. The quantitative estimate of drug-likeness (QED) is 0.810. The van der Waals surface area contributed by atoms with Gasteiger partial charge in [-0.15, -0.1) is 0 Å². The van der Waals surface area contributed by atoms with Gasteiger partial charge in [0.2, 0.25) is 11.8 Å². The number of carbonyl (C=O) groups is 3. The Balaban J connectivity index is 2.44. The molecule has 21 heavy (non-hydrogen) atoms. The lowest BCUT2D eigenvalue weighted by Gasteiger charge is -2.34. The molecule has 1 aromatic rings. The first-order valence-electron chi connectivity index (χ1n) is 6.05. The third-order valence-electron chi connectivity index (χ3n) is 3.25. The molecule has 0 radical (unpaired) electrons. The van der Waals surface area contributed by atoms with Crippen molar-refractivity contribution in [2.75, 3.05) is 11.2 Å². The molecule has 1 aromatic carbocycles. The number of hydrogen-bond donors (Lipinski definition) is 1. The summed E-state index contributed by atoms with van der Waals surface area (Å²) < 4.78 is 22.8. The maximum absolute atomic E-state index is 12.3. The second-order valence-corrected chi connectivity index (χ2v) is 7.31. The van der Waals surface area contributed by atoms with Gasteiger partial charge in [-0.05, 0) is 38.1 Å². The highest BCUT2D eigenvalue weighted by Gasteiger charge is 2.47. The van der Waals surface area contributed by atoms with Gasteiger partial charge >= 0.3 is 6.03 Å². The van der Waals surface area contributed by atoms with Crippen LogP contribution in [0.1, 0.15) is 13.8 Å². The van der Waals surface area contributed by atoms with Crippen molar-refractivity contribution in [3.63, 3.8) is 0 Å². The van der Waals surface area contributed by atoms with Crippen LogP contribution in [0.4, 0.5) is 10.5 Å². The smallest absolute Gasteiger partial charge is 0.276 e. The minimum atomic E-state index is -3.37. The highest BCUT2D eigenvalue weighted by atomic mass is 32.2. The number of rotatable bonds is 2. The van der Waals surface area contributed by atoms with Gasteiger partial charge in [0, 0.05) is 6.26 Å². The average Bonchev–Trinajstić information content (AvgIpc) is 2.36. The number of imide groups is 2. The minimum Gasteiger partial charge on any atom is -0.276 e. The highest BCUT2D eigenvalue weighted by Crippen LogP contribution is 2.28. The first-order chi connectivity index (χ1) is 9.55. The van der Waals surface area contributed by atoms with Crippen molar-refractivity contribution in [1.82, 2.24) is 5.32 Å². The lowest BCUT2D eigenvalue weighted by Crippen LogP contribution is -2.62. The maximum Gasteiger partial charge on any atom is 0.335 e. The standard InChI is InChI=1S/C13H14N2O5S/c1-13(2)10(16)14-12(18)15(11(13)17)8-4-6-9(7-5-8)21(3,19)20/h4-7H,1-3H3,(H,14,16,18). The van der Waals surface area contributed by atoms with E-state index < -0.39 is 33.1 Å². The number of benzene rings is 1. The number of nitrogens with zero attached hydrogens (tertiary/aromatic N) is 1. The van der Waals surface area contributed by atoms with E-state index in [9.17, 15) is 22.8 Å². The number of anilines is 1. The van der Waals surface area contributed by atoms with Crippen LogP contribution in [-0.2, 0) is 19.4 Å². The number of urea groups is 1. The average molecular weight is 310 g/mol. The summed E-state index contributed by atoms with van der Waals surface area (Å²) >= 11 is 0. The number of hydrogen-bond acceptors (Lipinski definition) is 5. The van der Waals surface area contributed by atoms with E-state index in [1.165, 1.54) is 38.1 Å². The Bertz CT molecular complexity index is 734. The van der Waals surface area contributed by atoms with Gasteiger partial charge in [-0.3, -0.25) is 14.9 Å². The van der Waals surface area contributed by atoms with Crippen LogP contribution >= 0.6 is 0 Å². The fourth-order valence-electron chi connectivity index (χ4n) is 1.86. The number of amides is 4. The third kappa shape index (κ3) is 2.54. The predicted octanol–water partition coefficient (Wildman–Crippen LogP) is 0.699. The highest BCUT2D eigenvalue weighted by molar-refractivity contribution is 7.90. The van der Waals surface area contributed by atoms with Crippen molar-refractivity contribution in [2.45, 2.75) is 18.7 Å². The molecule has 0 atom stereocenters. The van der Waals surface area contributed by atoms with Crippen LogP contribution < -0.4 is 10.2 Å². The molecule has 8 heteroatoms. The summed E-state index contributed by atoms with van der Waals surface area (Å²) in [5.41, 5.74) is -1.17. The van der Waals surface area contributed by atoms with Crippen LogP contribution in [0, 0.1) is 5.41 Å². The molecule has 1 saturated heterocycles. The molecule has 0 aliphatic carbocycles. The van der Waals surface area contributed by atoms with Crippen molar-refractivity contribution in [3.05, 3.63) is 24.3 Å². The van der Waals surface area contributed by atoms with E-state index in [1.54, 1.807) is 0 Å². The fraction of sp³-hybridized carbons (Fsp3) is 0.308. The van der Waals surface area contributed by atoms with Crippen LogP contribution in [-0.4, -0.2) is 32.5 Å². The van der Waals surface area contributed by atoms with Crippen LogP contribution in [0.25, 0.3) is 0 Å². The van der Waals surface area contributed by atoms with E-state index in [0.717, 1.165) is 11.2 Å². The van der Waals surface area contributed by atoms with E-state index in [0.29, 0.717) is 0 Å². The molecule has 2 rings (SSSR count). The summed E-state index contributed by atoms with van der Waals surface area (Å²) in [5, 5.41) is 2.10. The molecule has 7 nitrogen and oxygen atoms in total. The molecular weight excluding hydrogens is 296 g/mol. The van der Waals surface area contributed by atoms with E-state index in [-0.39, 0.29) is 10.6 Å². The summed E-state index contributed by atoms with van der Waals surface area (Å²) in [6.45, 7) is 2.82. The second-order valence-electron chi connectivity index (χ2n) is 5.29. The summed E-state index contributed by atoms with van der Waals surface area (Å²) in [7, 11) is -3.37. The van der Waals surface area contributed by atoms with E-state index in [1.807, 2.05) is 0 Å². The van der Waals surface area contributed by atoms with E-state index in [2.05, 4.69) is 5.32 Å². The van der Waals surface area contributed by atoms with E-state index >= 15 is 0 Å². The molecule has 112 valence electrons. The Kier molecular flexibility index (Phi) is 3.37. The normalized spacial score (nSPS) is 18.6. The van der Waals surface area contributed by atoms with Crippen LogP contribution in [0.5, 0.6) is 0 Å². The van der Waals surface area contributed by atoms with Crippen molar-refractivity contribution >= 4 is 33.4 Å². The lowest BCUT2D eigenvalue weighted by molar-refractivity contribution is -0.140. The van der Waals surface area contributed by atoms with Crippen molar-refractivity contribution in [1.29, 1.82) is 0 Å². The molecule has 0 spiro atoms. The SMILES string of the molecule is CC1(C)C(=O)NC(=O)N(c2ccc(S(C)(=O)=O)cc2)C1=O. The van der Waals surface area contributed by atoms with Crippen molar-refractivity contribution in [2.24, 2.45) is 5.41 Å². The summed E-state index contributed by atoms with van der Waals surface area (Å²) in [4.78, 5) is 36.7. The zero-order valence-corrected chi connectivity index (χ0v) is 12.5. The maximum atomic E-state index is 12.3. The van der Waals surface area contributed by atoms with Crippen molar-refractivity contribution < 1.29 is 22.8 Å². The molecule has 0 bridgehead atoms. The molecule has 1 heterocycles. The molecule has 4 amide bonds. The fourth-order valence-corrected chi connectivity index (χ4v) is 2.49. The van der Waals surface area contributed by atoms with Gasteiger partial charge in [-0.2, -0.15) is 0 Å². The first-order valence-corrected chi connectivity index (χ1v) is 7.94. The Morgan fingerprint density at radius 2 is 1.57 bits per heavy atom. The Hall–Kier alpha value is -2.22. The molecule has 1 aliphatic rings. The second kappa shape index (κ2) is 4.66. The largest absolute Gasteiger partial charge is 0.335 e. The van der Waals surface area contributed by atoms with Gasteiger partial charge in [0.05, 0.1) is 10.6 Å². The molecule has 1 aliphatic heterocycles. The summed E-state index contributed by atoms with van der Waals surface area (Å²) in [6, 6.07) is 4.44. The van der Waals surface area contributed by atoms with Gasteiger partial charge in [-0.1, -0.05) is 0 Å². The molecular formula is C13H14N2O5S. The predicted molar refractivity (Wildman–Crippen MR) is 74.4 cm³/mol. The molecule has 1 N–H and O–H groups in total. The minimum absolute atomic E-state index is 0.0754. The van der Waals surface area contributed by atoms with Crippen LogP contribution in [0.15, 0.2) is 29.2 Å². The van der Waals surface area contributed by atoms with Gasteiger partial charge in [0.1, 0.15) is 5.41 Å². The van der Waals surface area contributed by atoms with Crippen molar-refractivity contribution in [3.8, 4) is 0 Å². The molecule has 0 unspecified atom stereocenters. The van der Waals surface area contributed by atoms with E-state index in [4.69, 9.17) is 0 Å². The molecule has 0 aromatic heterocycles. The number of nitrogens with one attached hydrogen (secondary N) is 1. The number of sulfone groups is 1. The number of carbonyl (C=O) groups excluding carboxylic acids is 3. The zero-order valence-electron chi connectivity index (χ0n) is 11.7. The Labute approximate surface area is 121 Å². The van der Waals surface area contributed by atoms with Gasteiger partial charge in [0.15, 0.2) is 9.84 Å². The third-order valence-corrected chi connectivity index (χ3v) is 4.38. The summed E-state index contributed by atoms with van der Waals surface area (Å²) in [6.07, 6.45) is 1.06. The van der Waals surface area contributed by atoms with Gasteiger partial charge < -0.3 is 0 Å². The Morgan fingerprint density at radius 1 is 1.05 bits per heavy atom. The Morgan fingerprint density at radius 3 is 2.05 bits per heavy atom. The first kappa shape index (κ1) is 15.2. The summed E-state index contributed by atoms with van der Waals surface area (Å²) in [5.74, 6) is -1.33. The topological polar surface area (TPSA) is 101 Å². The zero-order chi connectivity index (χ0) is 16.0. The monoisotopic (exact) mass is 310 g/mol. The lowest BCUT2D eigenvalue weighted by atomic mass is 9.88. The number of barbiturate groups is 1. The van der Waals surface area contributed by atoms with Gasteiger partial charge in [0.25, 0.3) is 0 Å². The molecule has 0 saturated carbocycles. The van der Waals surface area contributed by atoms with Crippen LogP contribution in [0.3, 0.4) is 0 Å².